The molecular formula is C16H26N4OS. The van der Waals surface area contributed by atoms with Crippen LogP contribution < -0.4 is 4.90 Å². The highest BCUT2D eigenvalue weighted by Crippen LogP contribution is 2.31. The van der Waals surface area contributed by atoms with Crippen LogP contribution in [0.25, 0.3) is 0 Å². The molecule has 1 aliphatic carbocycles. The van der Waals surface area contributed by atoms with Crippen molar-refractivity contribution in [2.24, 2.45) is 5.92 Å². The van der Waals surface area contributed by atoms with E-state index >= 15 is 0 Å². The van der Waals surface area contributed by atoms with Crippen molar-refractivity contribution in [2.45, 2.75) is 57.9 Å². The maximum atomic E-state index is 12.3. The molecule has 1 amide bonds. The first-order valence-corrected chi connectivity index (χ1v) is 9.23. The molecule has 1 aromatic heterocycles. The molecule has 122 valence electrons. The first-order chi connectivity index (χ1) is 10.6. The fourth-order valence-corrected chi connectivity index (χ4v) is 4.05. The lowest BCUT2D eigenvalue weighted by Gasteiger charge is -2.39. The van der Waals surface area contributed by atoms with Crippen molar-refractivity contribution in [3.63, 3.8) is 0 Å². The summed E-state index contributed by atoms with van der Waals surface area (Å²) in [5.41, 5.74) is 0. The van der Waals surface area contributed by atoms with Crippen LogP contribution in [0.15, 0.2) is 0 Å². The molecule has 0 N–H and O–H groups in total. The molecule has 2 heterocycles. The summed E-state index contributed by atoms with van der Waals surface area (Å²) in [5, 5.41) is 10.8. The largest absolute Gasteiger partial charge is 0.347 e. The molecule has 2 fully saturated rings. The third kappa shape index (κ3) is 3.12. The average Bonchev–Trinajstić information content (AvgIpc) is 2.95. The van der Waals surface area contributed by atoms with Crippen molar-refractivity contribution in [3.8, 4) is 0 Å². The number of aromatic nitrogens is 2. The molecule has 1 aliphatic heterocycles. The van der Waals surface area contributed by atoms with E-state index in [1.807, 2.05) is 11.9 Å². The number of anilines is 1. The van der Waals surface area contributed by atoms with Crippen molar-refractivity contribution in [1.29, 1.82) is 0 Å². The van der Waals surface area contributed by atoms with Crippen LogP contribution in [0.4, 0.5) is 5.13 Å². The Bertz CT molecular complexity index is 518. The minimum atomic E-state index is 0.305. The third-order valence-electron chi connectivity index (χ3n) is 5.01. The molecule has 0 spiro atoms. The molecule has 0 aromatic carbocycles. The number of rotatable bonds is 4. The van der Waals surface area contributed by atoms with Gasteiger partial charge in [0.25, 0.3) is 0 Å². The summed E-state index contributed by atoms with van der Waals surface area (Å²) in [7, 11) is 1.99. The monoisotopic (exact) mass is 322 g/mol. The third-order valence-corrected chi connectivity index (χ3v) is 6.29. The lowest BCUT2D eigenvalue weighted by atomic mass is 9.84. The van der Waals surface area contributed by atoms with Gasteiger partial charge in [0.05, 0.1) is 0 Å². The summed E-state index contributed by atoms with van der Waals surface area (Å²) in [4.78, 5) is 16.7. The number of piperidine rings is 1. The fourth-order valence-electron chi connectivity index (χ4n) is 3.16. The first kappa shape index (κ1) is 15.7. The molecule has 1 saturated heterocycles. The number of hydrogen-bond donors (Lipinski definition) is 0. The topological polar surface area (TPSA) is 49.3 Å². The van der Waals surface area contributed by atoms with E-state index in [9.17, 15) is 4.79 Å². The van der Waals surface area contributed by atoms with Gasteiger partial charge < -0.3 is 9.80 Å². The molecule has 0 bridgehead atoms. The average molecular weight is 322 g/mol. The van der Waals surface area contributed by atoms with Crippen molar-refractivity contribution in [3.05, 3.63) is 5.01 Å². The predicted octanol–water partition coefficient (Wildman–Crippen LogP) is 2.89. The van der Waals surface area contributed by atoms with Gasteiger partial charge in [0.1, 0.15) is 5.01 Å². The van der Waals surface area contributed by atoms with Crippen LogP contribution in [0.3, 0.4) is 0 Å². The molecule has 0 atom stereocenters. The number of hydrogen-bond acceptors (Lipinski definition) is 5. The Hall–Kier alpha value is -1.17. The Morgan fingerprint density at radius 2 is 1.91 bits per heavy atom. The van der Waals surface area contributed by atoms with E-state index in [1.54, 1.807) is 11.3 Å². The van der Waals surface area contributed by atoms with Crippen LogP contribution in [0.5, 0.6) is 0 Å². The molecule has 1 aromatic rings. The van der Waals surface area contributed by atoms with Crippen LogP contribution in [0, 0.1) is 5.92 Å². The van der Waals surface area contributed by atoms with Gasteiger partial charge in [-0.2, -0.15) is 0 Å². The highest BCUT2D eigenvalue weighted by Gasteiger charge is 2.32. The van der Waals surface area contributed by atoms with Crippen LogP contribution in [-0.4, -0.2) is 47.2 Å². The second kappa shape index (κ2) is 6.52. The minimum Gasteiger partial charge on any atom is -0.347 e. The van der Waals surface area contributed by atoms with Crippen molar-refractivity contribution >= 4 is 22.4 Å². The van der Waals surface area contributed by atoms with Crippen molar-refractivity contribution in [1.82, 2.24) is 15.1 Å². The van der Waals surface area contributed by atoms with Gasteiger partial charge in [0.2, 0.25) is 11.0 Å². The molecule has 0 radical (unpaired) electrons. The summed E-state index contributed by atoms with van der Waals surface area (Å²) in [5.74, 6) is 1.11. The number of nitrogens with zero attached hydrogens (tertiary/aromatic N) is 4. The predicted molar refractivity (Wildman–Crippen MR) is 89.3 cm³/mol. The molecule has 22 heavy (non-hydrogen) atoms. The Kier molecular flexibility index (Phi) is 4.66. The Morgan fingerprint density at radius 1 is 1.23 bits per heavy atom. The van der Waals surface area contributed by atoms with Gasteiger partial charge in [-0.15, -0.1) is 10.2 Å². The van der Waals surface area contributed by atoms with Gasteiger partial charge >= 0.3 is 0 Å². The van der Waals surface area contributed by atoms with Gasteiger partial charge in [-0.25, -0.2) is 0 Å². The first-order valence-electron chi connectivity index (χ1n) is 8.41. The van der Waals surface area contributed by atoms with Crippen molar-refractivity contribution < 1.29 is 4.79 Å². The highest BCUT2D eigenvalue weighted by atomic mass is 32.1. The van der Waals surface area contributed by atoms with Crippen LogP contribution >= 0.6 is 11.3 Å². The van der Waals surface area contributed by atoms with Gasteiger partial charge in [-0.1, -0.05) is 31.6 Å². The van der Waals surface area contributed by atoms with E-state index in [4.69, 9.17) is 0 Å². The normalized spacial score (nSPS) is 20.3. The zero-order valence-electron chi connectivity index (χ0n) is 13.8. The van der Waals surface area contributed by atoms with Gasteiger partial charge in [0.15, 0.2) is 0 Å². The Balaban J connectivity index is 1.54. The number of carbonyl (C=O) groups is 1. The molecule has 2 aliphatic rings. The molecule has 1 saturated carbocycles. The second-order valence-electron chi connectivity index (χ2n) is 6.87. The van der Waals surface area contributed by atoms with Crippen LogP contribution in [0.1, 0.15) is 56.9 Å². The quantitative estimate of drug-likeness (QED) is 0.855. The standard InChI is InChI=1S/C16H26N4OS/c1-11(2)14-17-18-16(22-14)20-9-7-13(8-10-20)19(3)15(21)12-5-4-6-12/h11-13H,4-10H2,1-3H3. The van der Waals surface area contributed by atoms with Gasteiger partial charge in [0, 0.05) is 38.0 Å². The van der Waals surface area contributed by atoms with E-state index < -0.39 is 0 Å². The van der Waals surface area contributed by atoms with Gasteiger partial charge in [-0.3, -0.25) is 4.79 Å². The summed E-state index contributed by atoms with van der Waals surface area (Å²) in [6.45, 7) is 6.24. The molecular weight excluding hydrogens is 296 g/mol. The highest BCUT2D eigenvalue weighted by molar-refractivity contribution is 7.15. The zero-order chi connectivity index (χ0) is 15.7. The van der Waals surface area contributed by atoms with E-state index in [0.29, 0.717) is 23.8 Å². The SMILES string of the molecule is CC(C)c1nnc(N2CCC(N(C)C(=O)C3CCC3)CC2)s1. The van der Waals surface area contributed by atoms with E-state index in [2.05, 4.69) is 28.9 Å². The van der Waals surface area contributed by atoms with E-state index in [0.717, 1.165) is 48.9 Å². The Labute approximate surface area is 136 Å². The smallest absolute Gasteiger partial charge is 0.225 e. The zero-order valence-corrected chi connectivity index (χ0v) is 14.6. The van der Waals surface area contributed by atoms with Gasteiger partial charge in [-0.05, 0) is 25.7 Å². The van der Waals surface area contributed by atoms with E-state index in [-0.39, 0.29) is 0 Å². The van der Waals surface area contributed by atoms with Crippen LogP contribution in [0.2, 0.25) is 0 Å². The summed E-state index contributed by atoms with van der Waals surface area (Å²) < 4.78 is 0. The number of carbonyl (C=O) groups excluding carboxylic acids is 1. The fraction of sp³-hybridized carbons (Fsp3) is 0.812. The maximum absolute atomic E-state index is 12.3. The Morgan fingerprint density at radius 3 is 2.41 bits per heavy atom. The summed E-state index contributed by atoms with van der Waals surface area (Å²) in [6, 6.07) is 0.391. The lowest BCUT2D eigenvalue weighted by Crippen LogP contribution is -2.48. The molecule has 3 rings (SSSR count). The van der Waals surface area contributed by atoms with Crippen molar-refractivity contribution in [2.75, 3.05) is 25.0 Å². The molecule has 5 nitrogen and oxygen atoms in total. The minimum absolute atomic E-state index is 0.305. The molecule has 6 heteroatoms. The molecule has 0 unspecified atom stereocenters. The van der Waals surface area contributed by atoms with Crippen LogP contribution in [-0.2, 0) is 4.79 Å². The van der Waals surface area contributed by atoms with E-state index in [1.165, 1.54) is 6.42 Å². The summed E-state index contributed by atoms with van der Waals surface area (Å²) in [6.07, 6.45) is 5.46. The second-order valence-corrected chi connectivity index (χ2v) is 7.86. The maximum Gasteiger partial charge on any atom is 0.225 e. The summed E-state index contributed by atoms with van der Waals surface area (Å²) >= 11 is 1.70. The number of amides is 1. The lowest BCUT2D eigenvalue weighted by molar-refractivity contribution is -0.139.